The highest BCUT2D eigenvalue weighted by atomic mass is 32.2. The van der Waals surface area contributed by atoms with Crippen molar-refractivity contribution < 1.29 is 14.6 Å². The van der Waals surface area contributed by atoms with Crippen LogP contribution in [0, 0.1) is 6.92 Å². The Labute approximate surface area is 105 Å². The first-order chi connectivity index (χ1) is 8.06. The van der Waals surface area contributed by atoms with E-state index in [2.05, 4.69) is 16.5 Å². The molecule has 0 aromatic carbocycles. The van der Waals surface area contributed by atoms with Crippen LogP contribution in [0.4, 0.5) is 0 Å². The van der Waals surface area contributed by atoms with Crippen molar-refractivity contribution in [2.45, 2.75) is 31.5 Å². The summed E-state index contributed by atoms with van der Waals surface area (Å²) in [6.45, 7) is 4.74. The van der Waals surface area contributed by atoms with Crippen molar-refractivity contribution in [2.24, 2.45) is 0 Å². The number of nitrogens with zero attached hydrogens (tertiary/aromatic N) is 2. The first-order valence-corrected chi connectivity index (χ1v) is 6.42. The second-order valence-corrected chi connectivity index (χ2v) is 4.81. The quantitative estimate of drug-likeness (QED) is 0.757. The van der Waals surface area contributed by atoms with Gasteiger partial charge in [0, 0.05) is 31.6 Å². The summed E-state index contributed by atoms with van der Waals surface area (Å²) in [4.78, 5) is 14.8. The highest BCUT2D eigenvalue weighted by Crippen LogP contribution is 2.24. The number of carbonyl (C=O) groups is 1. The second kappa shape index (κ2) is 6.66. The number of hydrogen-bond acceptors (Lipinski definition) is 4. The molecule has 0 aliphatic rings. The summed E-state index contributed by atoms with van der Waals surface area (Å²) in [6.07, 6.45) is 2.65. The van der Waals surface area contributed by atoms with Crippen molar-refractivity contribution in [3.05, 3.63) is 11.9 Å². The summed E-state index contributed by atoms with van der Waals surface area (Å²) in [5, 5.41) is 9.43. The van der Waals surface area contributed by atoms with Gasteiger partial charge in [0.2, 0.25) is 0 Å². The maximum absolute atomic E-state index is 10.6. The molecule has 0 fully saturated rings. The molecule has 5 nitrogen and oxygen atoms in total. The van der Waals surface area contributed by atoms with Crippen molar-refractivity contribution in [1.29, 1.82) is 0 Å². The highest BCUT2D eigenvalue weighted by Gasteiger charge is 2.14. The number of carboxylic acid groups (broad SMARTS) is 1. The Morgan fingerprint density at radius 3 is 3.00 bits per heavy atom. The molecule has 1 rings (SSSR count). The minimum atomic E-state index is -0.827. The lowest BCUT2D eigenvalue weighted by atomic mass is 10.2. The first-order valence-electron chi connectivity index (χ1n) is 5.43. The minimum absolute atomic E-state index is 0.0352. The van der Waals surface area contributed by atoms with Crippen LogP contribution in [-0.2, 0) is 9.53 Å². The van der Waals surface area contributed by atoms with E-state index in [1.807, 2.05) is 6.92 Å². The van der Waals surface area contributed by atoms with E-state index in [9.17, 15) is 4.79 Å². The third-order valence-corrected chi connectivity index (χ3v) is 3.40. The number of rotatable bonds is 7. The Bertz CT molecular complexity index is 379. The monoisotopic (exact) mass is 258 g/mol. The molecular weight excluding hydrogens is 240 g/mol. The molecule has 96 valence electrons. The van der Waals surface area contributed by atoms with E-state index in [-0.39, 0.29) is 11.8 Å². The molecule has 0 spiro atoms. The largest absolute Gasteiger partial charge is 0.481 e. The number of aromatic nitrogens is 2. The standard InChI is InChI=1S/C11H18N2O3S/c1-8(4-5-16-3)13-9(2)6-12-11(13)17-7-10(14)15/h6,8H,4-5,7H2,1-3H3,(H,14,15). The van der Waals surface area contributed by atoms with Gasteiger partial charge in [-0.25, -0.2) is 4.98 Å². The maximum atomic E-state index is 10.6. The van der Waals surface area contributed by atoms with Gasteiger partial charge in [0.05, 0.1) is 5.75 Å². The van der Waals surface area contributed by atoms with Gasteiger partial charge in [-0.05, 0) is 20.3 Å². The molecule has 0 radical (unpaired) electrons. The van der Waals surface area contributed by atoms with Gasteiger partial charge in [-0.1, -0.05) is 11.8 Å². The van der Waals surface area contributed by atoms with Gasteiger partial charge < -0.3 is 14.4 Å². The van der Waals surface area contributed by atoms with Crippen LogP contribution in [0.1, 0.15) is 25.1 Å². The van der Waals surface area contributed by atoms with Crippen molar-refractivity contribution in [3.8, 4) is 0 Å². The molecule has 0 saturated heterocycles. The van der Waals surface area contributed by atoms with Crippen molar-refractivity contribution in [1.82, 2.24) is 9.55 Å². The fourth-order valence-corrected chi connectivity index (χ4v) is 2.45. The smallest absolute Gasteiger partial charge is 0.313 e. The molecule has 1 heterocycles. The lowest BCUT2D eigenvalue weighted by molar-refractivity contribution is -0.133. The second-order valence-electron chi connectivity index (χ2n) is 3.87. The predicted octanol–water partition coefficient (Wildman–Crippen LogP) is 1.97. The average Bonchev–Trinajstić information content (AvgIpc) is 2.64. The molecule has 1 aromatic rings. The van der Waals surface area contributed by atoms with Crippen LogP contribution in [0.5, 0.6) is 0 Å². The molecule has 0 aliphatic heterocycles. The van der Waals surface area contributed by atoms with E-state index in [0.717, 1.165) is 17.3 Å². The van der Waals surface area contributed by atoms with Gasteiger partial charge in [0.15, 0.2) is 5.16 Å². The third-order valence-electron chi connectivity index (χ3n) is 2.45. The summed E-state index contributed by atoms with van der Waals surface area (Å²) in [5.41, 5.74) is 1.04. The van der Waals surface area contributed by atoms with Crippen LogP contribution in [0.2, 0.25) is 0 Å². The molecule has 0 saturated carbocycles. The summed E-state index contributed by atoms with van der Waals surface area (Å²) < 4.78 is 7.12. The summed E-state index contributed by atoms with van der Waals surface area (Å²) in [7, 11) is 1.67. The number of thioether (sulfide) groups is 1. The molecular formula is C11H18N2O3S. The zero-order valence-corrected chi connectivity index (χ0v) is 11.2. The van der Waals surface area contributed by atoms with Crippen LogP contribution in [0.15, 0.2) is 11.4 Å². The predicted molar refractivity (Wildman–Crippen MR) is 66.5 cm³/mol. The van der Waals surface area contributed by atoms with Gasteiger partial charge in [0.1, 0.15) is 0 Å². The molecule has 1 aromatic heterocycles. The number of carboxylic acids is 1. The zero-order chi connectivity index (χ0) is 12.8. The topological polar surface area (TPSA) is 64.4 Å². The number of hydrogen-bond donors (Lipinski definition) is 1. The van der Waals surface area contributed by atoms with Crippen LogP contribution < -0.4 is 0 Å². The van der Waals surface area contributed by atoms with Crippen LogP contribution in [0.3, 0.4) is 0 Å². The summed E-state index contributed by atoms with van der Waals surface area (Å²) in [5.74, 6) is -0.792. The van der Waals surface area contributed by atoms with Crippen molar-refractivity contribution in [2.75, 3.05) is 19.5 Å². The molecule has 0 bridgehead atoms. The minimum Gasteiger partial charge on any atom is -0.481 e. The fraction of sp³-hybridized carbons (Fsp3) is 0.636. The van der Waals surface area contributed by atoms with Crippen molar-refractivity contribution >= 4 is 17.7 Å². The number of methoxy groups -OCH3 is 1. The Balaban J connectivity index is 2.74. The van der Waals surface area contributed by atoms with Crippen LogP contribution in [0.25, 0.3) is 0 Å². The Hall–Kier alpha value is -1.01. The molecule has 1 unspecified atom stereocenters. The summed E-state index contributed by atoms with van der Waals surface area (Å²) in [6, 6.07) is 0.258. The van der Waals surface area contributed by atoms with Crippen molar-refractivity contribution in [3.63, 3.8) is 0 Å². The normalized spacial score (nSPS) is 12.6. The SMILES string of the molecule is COCCC(C)n1c(C)cnc1SCC(=O)O. The third kappa shape index (κ3) is 4.05. The molecule has 1 N–H and O–H groups in total. The Morgan fingerprint density at radius 2 is 2.41 bits per heavy atom. The van der Waals surface area contributed by atoms with Crippen LogP contribution >= 0.6 is 11.8 Å². The van der Waals surface area contributed by atoms with Gasteiger partial charge in [-0.3, -0.25) is 4.79 Å². The number of ether oxygens (including phenoxy) is 1. The van der Waals surface area contributed by atoms with Gasteiger partial charge >= 0.3 is 5.97 Å². The van der Waals surface area contributed by atoms with Gasteiger partial charge in [-0.2, -0.15) is 0 Å². The zero-order valence-electron chi connectivity index (χ0n) is 10.3. The van der Waals surface area contributed by atoms with E-state index >= 15 is 0 Å². The average molecular weight is 258 g/mol. The molecule has 6 heteroatoms. The Morgan fingerprint density at radius 1 is 1.71 bits per heavy atom. The van der Waals surface area contributed by atoms with E-state index < -0.39 is 5.97 Å². The molecule has 17 heavy (non-hydrogen) atoms. The molecule has 1 atom stereocenters. The first kappa shape index (κ1) is 14.1. The Kier molecular flexibility index (Phi) is 5.50. The van der Waals surface area contributed by atoms with E-state index in [1.165, 1.54) is 11.8 Å². The maximum Gasteiger partial charge on any atom is 0.313 e. The van der Waals surface area contributed by atoms with Crippen LogP contribution in [-0.4, -0.2) is 40.1 Å². The number of aryl methyl sites for hydroxylation is 1. The lowest BCUT2D eigenvalue weighted by Gasteiger charge is -2.17. The van der Waals surface area contributed by atoms with Gasteiger partial charge in [0.25, 0.3) is 0 Å². The molecule has 0 aliphatic carbocycles. The fourth-order valence-electron chi connectivity index (χ4n) is 1.61. The van der Waals surface area contributed by atoms with E-state index in [0.29, 0.717) is 6.61 Å². The number of imidazole rings is 1. The van der Waals surface area contributed by atoms with E-state index in [4.69, 9.17) is 9.84 Å². The summed E-state index contributed by atoms with van der Waals surface area (Å²) >= 11 is 1.25. The lowest BCUT2D eigenvalue weighted by Crippen LogP contribution is -2.11. The molecule has 0 amide bonds. The van der Waals surface area contributed by atoms with Gasteiger partial charge in [-0.15, -0.1) is 0 Å². The number of aliphatic carboxylic acids is 1. The van der Waals surface area contributed by atoms with E-state index in [1.54, 1.807) is 13.3 Å². The highest BCUT2D eigenvalue weighted by molar-refractivity contribution is 7.99.